The van der Waals surface area contributed by atoms with E-state index >= 15 is 0 Å². The second-order valence-electron chi connectivity index (χ2n) is 5.75. The number of benzene rings is 2. The van der Waals surface area contributed by atoms with Crippen LogP contribution in [-0.4, -0.2) is 19.1 Å². The van der Waals surface area contributed by atoms with Crippen molar-refractivity contribution in [2.45, 2.75) is 12.8 Å². The van der Waals surface area contributed by atoms with Crippen molar-refractivity contribution in [1.82, 2.24) is 5.32 Å². The number of amides is 1. The Morgan fingerprint density at radius 3 is 2.26 bits per heavy atom. The van der Waals surface area contributed by atoms with Crippen LogP contribution in [0.2, 0.25) is 0 Å². The van der Waals surface area contributed by atoms with E-state index in [4.69, 9.17) is 10.00 Å². The highest BCUT2D eigenvalue weighted by atomic mass is 16.5. The van der Waals surface area contributed by atoms with E-state index in [0.717, 1.165) is 17.7 Å². The van der Waals surface area contributed by atoms with Gasteiger partial charge in [-0.15, -0.1) is 0 Å². The smallest absolute Gasteiger partial charge is 0.257 e. The molecular formula is C19H18N2O2. The zero-order chi connectivity index (χ0) is 16.1. The van der Waals surface area contributed by atoms with Gasteiger partial charge in [-0.2, -0.15) is 5.26 Å². The summed E-state index contributed by atoms with van der Waals surface area (Å²) < 4.78 is 5.49. The number of ether oxygens (including phenoxy) is 1. The van der Waals surface area contributed by atoms with Gasteiger partial charge in [-0.3, -0.25) is 4.79 Å². The first-order chi connectivity index (χ1) is 11.2. The Hall–Kier alpha value is -2.80. The number of hydrogen-bond donors (Lipinski definition) is 1. The van der Waals surface area contributed by atoms with Gasteiger partial charge in [0.05, 0.1) is 11.6 Å². The molecule has 0 saturated heterocycles. The minimum atomic E-state index is -0.0759. The summed E-state index contributed by atoms with van der Waals surface area (Å²) in [4.78, 5) is 11.6. The van der Waals surface area contributed by atoms with Crippen LogP contribution in [0.15, 0.2) is 48.5 Å². The fourth-order valence-corrected chi connectivity index (χ4v) is 2.26. The molecule has 23 heavy (non-hydrogen) atoms. The molecule has 0 spiro atoms. The predicted molar refractivity (Wildman–Crippen MR) is 87.8 cm³/mol. The van der Waals surface area contributed by atoms with Crippen molar-refractivity contribution >= 4 is 5.91 Å². The van der Waals surface area contributed by atoms with Crippen molar-refractivity contribution in [2.24, 2.45) is 5.92 Å². The molecule has 4 nitrogen and oxygen atoms in total. The standard InChI is InChI=1S/C19H18N2O2/c20-11-14-3-5-16(6-4-14)17-7-9-18(10-8-17)23-13-19(22)21-12-15-1-2-15/h3-10,15H,1-2,12-13H2,(H,21,22). The summed E-state index contributed by atoms with van der Waals surface area (Å²) >= 11 is 0. The highest BCUT2D eigenvalue weighted by Gasteiger charge is 2.21. The van der Waals surface area contributed by atoms with E-state index in [9.17, 15) is 4.79 Å². The summed E-state index contributed by atoms with van der Waals surface area (Å²) in [5.74, 6) is 1.27. The van der Waals surface area contributed by atoms with Gasteiger partial charge in [0.2, 0.25) is 0 Å². The lowest BCUT2D eigenvalue weighted by molar-refractivity contribution is -0.123. The van der Waals surface area contributed by atoms with Crippen molar-refractivity contribution < 1.29 is 9.53 Å². The first-order valence-electron chi connectivity index (χ1n) is 7.75. The van der Waals surface area contributed by atoms with E-state index in [2.05, 4.69) is 11.4 Å². The highest BCUT2D eigenvalue weighted by Crippen LogP contribution is 2.27. The fraction of sp³-hybridized carbons (Fsp3) is 0.263. The third kappa shape index (κ3) is 4.33. The first kappa shape index (κ1) is 15.1. The number of rotatable bonds is 6. The van der Waals surface area contributed by atoms with Gasteiger partial charge in [0, 0.05) is 6.54 Å². The van der Waals surface area contributed by atoms with Crippen LogP contribution in [-0.2, 0) is 4.79 Å². The molecular weight excluding hydrogens is 288 g/mol. The largest absolute Gasteiger partial charge is 0.484 e. The van der Waals surface area contributed by atoms with E-state index in [1.807, 2.05) is 36.4 Å². The molecule has 0 bridgehead atoms. The van der Waals surface area contributed by atoms with Gasteiger partial charge in [-0.05, 0) is 54.2 Å². The number of hydrogen-bond acceptors (Lipinski definition) is 3. The van der Waals surface area contributed by atoms with E-state index in [-0.39, 0.29) is 12.5 Å². The molecule has 2 aromatic carbocycles. The summed E-state index contributed by atoms with van der Waals surface area (Å²) in [6.07, 6.45) is 2.44. The molecule has 1 N–H and O–H groups in total. The molecule has 0 atom stereocenters. The molecule has 0 aliphatic heterocycles. The topological polar surface area (TPSA) is 62.1 Å². The predicted octanol–water partition coefficient (Wildman–Crippen LogP) is 3.13. The number of carbonyl (C=O) groups excluding carboxylic acids is 1. The summed E-state index contributed by atoms with van der Waals surface area (Å²) in [5, 5.41) is 11.7. The molecule has 0 unspecified atom stereocenters. The molecule has 0 heterocycles. The maximum atomic E-state index is 11.6. The fourth-order valence-electron chi connectivity index (χ4n) is 2.26. The average Bonchev–Trinajstić information content (AvgIpc) is 3.43. The maximum Gasteiger partial charge on any atom is 0.257 e. The molecule has 1 amide bonds. The van der Waals surface area contributed by atoms with Crippen molar-refractivity contribution in [3.63, 3.8) is 0 Å². The molecule has 0 aromatic heterocycles. The Kier molecular flexibility index (Phi) is 4.58. The minimum absolute atomic E-state index is 0.0446. The van der Waals surface area contributed by atoms with Gasteiger partial charge in [0.15, 0.2) is 6.61 Å². The molecule has 3 rings (SSSR count). The monoisotopic (exact) mass is 306 g/mol. The molecule has 2 aromatic rings. The van der Waals surface area contributed by atoms with Crippen LogP contribution in [0.5, 0.6) is 5.75 Å². The summed E-state index contributed by atoms with van der Waals surface area (Å²) in [7, 11) is 0. The third-order valence-electron chi connectivity index (χ3n) is 3.86. The van der Waals surface area contributed by atoms with Gasteiger partial charge in [-0.1, -0.05) is 24.3 Å². The molecule has 116 valence electrons. The van der Waals surface area contributed by atoms with Crippen LogP contribution in [0.1, 0.15) is 18.4 Å². The van der Waals surface area contributed by atoms with Crippen molar-refractivity contribution in [2.75, 3.05) is 13.2 Å². The Labute approximate surface area is 135 Å². The highest BCUT2D eigenvalue weighted by molar-refractivity contribution is 5.77. The maximum absolute atomic E-state index is 11.6. The first-order valence-corrected chi connectivity index (χ1v) is 7.75. The Balaban J connectivity index is 1.53. The molecule has 0 radical (unpaired) electrons. The van der Waals surface area contributed by atoms with Gasteiger partial charge in [0.1, 0.15) is 5.75 Å². The lowest BCUT2D eigenvalue weighted by Gasteiger charge is -2.08. The second kappa shape index (κ2) is 6.97. The second-order valence-corrected chi connectivity index (χ2v) is 5.75. The van der Waals surface area contributed by atoms with Gasteiger partial charge < -0.3 is 10.1 Å². The van der Waals surface area contributed by atoms with E-state index < -0.39 is 0 Å². The van der Waals surface area contributed by atoms with Gasteiger partial charge in [0.25, 0.3) is 5.91 Å². The van der Waals surface area contributed by atoms with Crippen LogP contribution >= 0.6 is 0 Å². The molecule has 1 fully saturated rings. The van der Waals surface area contributed by atoms with Crippen LogP contribution in [0.4, 0.5) is 0 Å². The lowest BCUT2D eigenvalue weighted by atomic mass is 10.0. The van der Waals surface area contributed by atoms with E-state index in [1.54, 1.807) is 12.1 Å². The molecule has 1 aliphatic rings. The SMILES string of the molecule is N#Cc1ccc(-c2ccc(OCC(=O)NCC3CC3)cc2)cc1. The minimum Gasteiger partial charge on any atom is -0.484 e. The van der Waals surface area contributed by atoms with Gasteiger partial charge >= 0.3 is 0 Å². The lowest BCUT2D eigenvalue weighted by Crippen LogP contribution is -2.30. The summed E-state index contributed by atoms with van der Waals surface area (Å²) in [5.41, 5.74) is 2.73. The Bertz CT molecular complexity index is 711. The van der Waals surface area contributed by atoms with Crippen LogP contribution in [0.25, 0.3) is 11.1 Å². The van der Waals surface area contributed by atoms with Crippen LogP contribution in [0.3, 0.4) is 0 Å². The van der Waals surface area contributed by atoms with Crippen LogP contribution < -0.4 is 10.1 Å². The molecule has 1 aliphatic carbocycles. The van der Waals surface area contributed by atoms with Crippen LogP contribution in [0, 0.1) is 17.2 Å². The van der Waals surface area contributed by atoms with Crippen molar-refractivity contribution in [3.8, 4) is 22.9 Å². The van der Waals surface area contributed by atoms with E-state index in [1.165, 1.54) is 12.8 Å². The van der Waals surface area contributed by atoms with Crippen molar-refractivity contribution in [3.05, 3.63) is 54.1 Å². The van der Waals surface area contributed by atoms with Gasteiger partial charge in [-0.25, -0.2) is 0 Å². The number of nitrogens with one attached hydrogen (secondary N) is 1. The Morgan fingerprint density at radius 2 is 1.70 bits per heavy atom. The zero-order valence-electron chi connectivity index (χ0n) is 12.8. The summed E-state index contributed by atoms with van der Waals surface area (Å²) in [6.45, 7) is 0.808. The number of carbonyl (C=O) groups is 1. The van der Waals surface area contributed by atoms with Crippen molar-refractivity contribution in [1.29, 1.82) is 5.26 Å². The quantitative estimate of drug-likeness (QED) is 0.892. The molecule has 1 saturated carbocycles. The number of nitrogens with zero attached hydrogens (tertiary/aromatic N) is 1. The van der Waals surface area contributed by atoms with E-state index in [0.29, 0.717) is 17.2 Å². The molecule has 4 heteroatoms. The number of nitriles is 1. The average molecular weight is 306 g/mol. The zero-order valence-corrected chi connectivity index (χ0v) is 12.8. The normalized spacial score (nSPS) is 13.2. The summed E-state index contributed by atoms with van der Waals surface area (Å²) in [6, 6.07) is 17.1. The third-order valence-corrected chi connectivity index (χ3v) is 3.86. The Morgan fingerprint density at radius 1 is 1.09 bits per heavy atom.